The summed E-state index contributed by atoms with van der Waals surface area (Å²) in [7, 11) is 0. The molecule has 1 aliphatic rings. The van der Waals surface area contributed by atoms with Crippen LogP contribution in [0.25, 0.3) is 10.9 Å². The summed E-state index contributed by atoms with van der Waals surface area (Å²) >= 11 is 0. The molecule has 0 fully saturated rings. The average molecular weight is 281 g/mol. The SMILES string of the molecule is C[C@@]1(C(=O)O)COc2c(F)c(F)cc3c(=O)ccn1c23. The number of halogens is 2. The number of hydrogen-bond acceptors (Lipinski definition) is 3. The van der Waals surface area contributed by atoms with Gasteiger partial charge in [0.2, 0.25) is 5.82 Å². The predicted molar refractivity (Wildman–Crippen MR) is 64.9 cm³/mol. The molecule has 0 spiro atoms. The van der Waals surface area contributed by atoms with Crippen LogP contribution in [0.15, 0.2) is 23.1 Å². The predicted octanol–water partition coefficient (Wildman–Crippen LogP) is 1.47. The molecule has 2 heterocycles. The van der Waals surface area contributed by atoms with Gasteiger partial charge in [0.1, 0.15) is 6.61 Å². The number of pyridine rings is 1. The van der Waals surface area contributed by atoms with Crippen molar-refractivity contribution in [1.82, 2.24) is 4.57 Å². The molecule has 104 valence electrons. The number of rotatable bonds is 1. The van der Waals surface area contributed by atoms with Gasteiger partial charge in [-0.05, 0) is 13.0 Å². The van der Waals surface area contributed by atoms with E-state index in [-0.39, 0.29) is 17.5 Å². The minimum absolute atomic E-state index is 0.0486. The van der Waals surface area contributed by atoms with E-state index in [1.807, 2.05) is 0 Å². The summed E-state index contributed by atoms with van der Waals surface area (Å²) in [6.07, 6.45) is 1.25. The van der Waals surface area contributed by atoms with Gasteiger partial charge in [0.25, 0.3) is 0 Å². The van der Waals surface area contributed by atoms with E-state index in [9.17, 15) is 23.5 Å². The molecule has 0 unspecified atom stereocenters. The zero-order valence-corrected chi connectivity index (χ0v) is 10.3. The first-order valence-electron chi connectivity index (χ1n) is 5.76. The van der Waals surface area contributed by atoms with E-state index >= 15 is 0 Å². The molecular weight excluding hydrogens is 272 g/mol. The van der Waals surface area contributed by atoms with Gasteiger partial charge in [-0.2, -0.15) is 4.39 Å². The normalized spacial score (nSPS) is 20.8. The van der Waals surface area contributed by atoms with E-state index in [0.29, 0.717) is 0 Å². The second-order valence-electron chi connectivity index (χ2n) is 4.82. The minimum atomic E-state index is -1.50. The lowest BCUT2D eigenvalue weighted by Crippen LogP contribution is -2.47. The molecule has 1 aliphatic heterocycles. The van der Waals surface area contributed by atoms with Crippen LogP contribution in [0.4, 0.5) is 8.78 Å². The molecule has 0 bridgehead atoms. The third-order valence-electron chi connectivity index (χ3n) is 3.52. The Kier molecular flexibility index (Phi) is 2.38. The zero-order chi connectivity index (χ0) is 14.7. The maximum absolute atomic E-state index is 13.8. The van der Waals surface area contributed by atoms with Crippen LogP contribution < -0.4 is 10.2 Å². The summed E-state index contributed by atoms with van der Waals surface area (Å²) in [5, 5.41) is 9.20. The summed E-state index contributed by atoms with van der Waals surface area (Å²) < 4.78 is 33.5. The molecule has 1 aromatic heterocycles. The molecular formula is C13H9F2NO4. The van der Waals surface area contributed by atoms with Crippen LogP contribution in [0.5, 0.6) is 5.75 Å². The molecule has 0 radical (unpaired) electrons. The van der Waals surface area contributed by atoms with Crippen molar-refractivity contribution in [2.75, 3.05) is 6.61 Å². The van der Waals surface area contributed by atoms with Gasteiger partial charge in [0.15, 0.2) is 22.5 Å². The van der Waals surface area contributed by atoms with Gasteiger partial charge in [-0.1, -0.05) is 0 Å². The van der Waals surface area contributed by atoms with Crippen molar-refractivity contribution >= 4 is 16.9 Å². The first-order chi connectivity index (χ1) is 9.36. The van der Waals surface area contributed by atoms with Gasteiger partial charge in [-0.25, -0.2) is 9.18 Å². The second-order valence-corrected chi connectivity index (χ2v) is 4.82. The maximum atomic E-state index is 13.8. The fraction of sp³-hybridized carbons (Fsp3) is 0.231. The Hall–Kier alpha value is -2.44. The number of ether oxygens (including phenoxy) is 1. The van der Waals surface area contributed by atoms with E-state index < -0.39 is 34.3 Å². The lowest BCUT2D eigenvalue weighted by Gasteiger charge is -2.34. The highest BCUT2D eigenvalue weighted by molar-refractivity contribution is 5.89. The van der Waals surface area contributed by atoms with Gasteiger partial charge < -0.3 is 14.4 Å². The molecule has 3 rings (SSSR count). The highest BCUT2D eigenvalue weighted by Gasteiger charge is 2.41. The van der Waals surface area contributed by atoms with Crippen molar-refractivity contribution < 1.29 is 23.4 Å². The lowest BCUT2D eigenvalue weighted by molar-refractivity contribution is -0.148. The van der Waals surface area contributed by atoms with Crippen molar-refractivity contribution in [3.63, 3.8) is 0 Å². The number of carbonyl (C=O) groups is 1. The topological polar surface area (TPSA) is 68.5 Å². The molecule has 2 aromatic rings. The Morgan fingerprint density at radius 2 is 2.20 bits per heavy atom. The summed E-state index contributed by atoms with van der Waals surface area (Å²) in [5.74, 6) is -4.07. The van der Waals surface area contributed by atoms with E-state index in [2.05, 4.69) is 0 Å². The van der Waals surface area contributed by atoms with Crippen LogP contribution in [-0.4, -0.2) is 22.2 Å². The van der Waals surface area contributed by atoms with Crippen molar-refractivity contribution in [2.45, 2.75) is 12.5 Å². The number of carboxylic acids is 1. The molecule has 0 saturated carbocycles. The van der Waals surface area contributed by atoms with Crippen LogP contribution in [0.1, 0.15) is 6.92 Å². The van der Waals surface area contributed by atoms with Crippen LogP contribution in [-0.2, 0) is 10.3 Å². The molecule has 0 saturated heterocycles. The van der Waals surface area contributed by atoms with Gasteiger partial charge in [-0.15, -0.1) is 0 Å². The van der Waals surface area contributed by atoms with Crippen LogP contribution in [0.2, 0.25) is 0 Å². The highest BCUT2D eigenvalue weighted by Crippen LogP contribution is 2.37. The van der Waals surface area contributed by atoms with Gasteiger partial charge in [0.05, 0.1) is 10.9 Å². The molecule has 7 heteroatoms. The van der Waals surface area contributed by atoms with E-state index in [1.165, 1.54) is 17.7 Å². The second kappa shape index (κ2) is 3.78. The first kappa shape index (κ1) is 12.6. The van der Waals surface area contributed by atoms with E-state index in [1.54, 1.807) is 0 Å². The molecule has 1 atom stereocenters. The fourth-order valence-corrected chi connectivity index (χ4v) is 2.32. The smallest absolute Gasteiger partial charge is 0.333 e. The third-order valence-corrected chi connectivity index (χ3v) is 3.52. The van der Waals surface area contributed by atoms with Crippen molar-refractivity contribution in [2.24, 2.45) is 0 Å². The van der Waals surface area contributed by atoms with Crippen molar-refractivity contribution in [1.29, 1.82) is 0 Å². The monoisotopic (exact) mass is 281 g/mol. The van der Waals surface area contributed by atoms with Crippen LogP contribution in [0, 0.1) is 11.6 Å². The molecule has 0 amide bonds. The summed E-state index contributed by atoms with van der Waals surface area (Å²) in [6.45, 7) is 1.01. The zero-order valence-electron chi connectivity index (χ0n) is 10.3. The maximum Gasteiger partial charge on any atom is 0.333 e. The van der Waals surface area contributed by atoms with Crippen LogP contribution >= 0.6 is 0 Å². The Balaban J connectivity index is 2.54. The van der Waals surface area contributed by atoms with Crippen molar-refractivity contribution in [3.05, 3.63) is 40.2 Å². The minimum Gasteiger partial charge on any atom is -0.485 e. The summed E-state index contributed by atoms with van der Waals surface area (Å²) in [5.41, 5.74) is -2.08. The highest BCUT2D eigenvalue weighted by atomic mass is 19.2. The molecule has 1 aromatic carbocycles. The lowest BCUT2D eigenvalue weighted by atomic mass is 9.99. The Morgan fingerprint density at radius 1 is 1.50 bits per heavy atom. The number of carboxylic acid groups (broad SMARTS) is 1. The van der Waals surface area contributed by atoms with E-state index in [0.717, 1.165) is 12.1 Å². The first-order valence-corrected chi connectivity index (χ1v) is 5.76. The number of nitrogens with zero attached hydrogens (tertiary/aromatic N) is 1. The fourth-order valence-electron chi connectivity index (χ4n) is 2.32. The Labute approximate surface area is 111 Å². The van der Waals surface area contributed by atoms with Crippen molar-refractivity contribution in [3.8, 4) is 5.75 Å². The number of aromatic nitrogens is 1. The average Bonchev–Trinajstić information content (AvgIpc) is 2.40. The quantitative estimate of drug-likeness (QED) is 0.859. The Bertz CT molecular complexity index is 814. The summed E-state index contributed by atoms with van der Waals surface area (Å²) in [6, 6.07) is 1.87. The number of hydrogen-bond donors (Lipinski definition) is 1. The summed E-state index contributed by atoms with van der Waals surface area (Å²) in [4.78, 5) is 23.2. The standard InChI is InChI=1S/C13H9F2NO4/c1-13(12(18)19)5-20-11-9(15)7(14)4-6-8(17)2-3-16(13)10(6)11/h2-4H,5H2,1H3,(H,18,19)/t13-/m0/s1. The molecule has 5 nitrogen and oxygen atoms in total. The molecule has 1 N–H and O–H groups in total. The Morgan fingerprint density at radius 3 is 2.85 bits per heavy atom. The van der Waals surface area contributed by atoms with Gasteiger partial charge in [0, 0.05) is 12.3 Å². The van der Waals surface area contributed by atoms with Crippen LogP contribution in [0.3, 0.4) is 0 Å². The number of aliphatic carboxylic acids is 1. The van der Waals surface area contributed by atoms with E-state index in [4.69, 9.17) is 4.74 Å². The molecule has 20 heavy (non-hydrogen) atoms. The molecule has 0 aliphatic carbocycles. The largest absolute Gasteiger partial charge is 0.485 e. The third kappa shape index (κ3) is 1.40. The van der Waals surface area contributed by atoms with Gasteiger partial charge in [-0.3, -0.25) is 4.79 Å². The number of benzene rings is 1. The van der Waals surface area contributed by atoms with Gasteiger partial charge >= 0.3 is 5.97 Å².